The third kappa shape index (κ3) is 1.34. The zero-order chi connectivity index (χ0) is 6.85. The maximum atomic E-state index is 10.8. The van der Waals surface area contributed by atoms with Crippen LogP contribution in [0.1, 0.15) is 13.3 Å². The number of nitrogens with one attached hydrogen (secondary N) is 1. The molecule has 9 heavy (non-hydrogen) atoms. The topological polar surface area (TPSA) is 32.3 Å². The molecule has 0 aliphatic carbocycles. The van der Waals surface area contributed by atoms with Gasteiger partial charge in [0.15, 0.2) is 0 Å². The van der Waals surface area contributed by atoms with Crippen LogP contribution >= 0.6 is 0 Å². The molecular weight excluding hydrogens is 116 g/mol. The summed E-state index contributed by atoms with van der Waals surface area (Å²) in [6.45, 7) is 2.90. The van der Waals surface area contributed by atoms with Gasteiger partial charge in [-0.05, 0) is 13.3 Å². The van der Waals surface area contributed by atoms with Gasteiger partial charge in [-0.15, -0.1) is 0 Å². The number of hydrogen-bond donors (Lipinski definition) is 1. The molecule has 0 spiro atoms. The Morgan fingerprint density at radius 1 is 1.78 bits per heavy atom. The Kier molecular flexibility index (Phi) is 1.60. The van der Waals surface area contributed by atoms with E-state index in [2.05, 4.69) is 5.32 Å². The van der Waals surface area contributed by atoms with Crippen molar-refractivity contribution in [3.8, 4) is 0 Å². The van der Waals surface area contributed by atoms with Crippen molar-refractivity contribution in [3.05, 3.63) is 0 Å². The van der Waals surface area contributed by atoms with Gasteiger partial charge in [0, 0.05) is 19.6 Å². The highest BCUT2D eigenvalue weighted by Crippen LogP contribution is 2.00. The first-order valence-electron chi connectivity index (χ1n) is 3.22. The van der Waals surface area contributed by atoms with Crippen LogP contribution in [0.15, 0.2) is 0 Å². The Hall–Kier alpha value is -0.730. The lowest BCUT2D eigenvalue weighted by atomic mass is 10.2. The maximum absolute atomic E-state index is 10.8. The molecule has 1 fully saturated rings. The number of hydrogen-bond acceptors (Lipinski definition) is 1. The van der Waals surface area contributed by atoms with Crippen LogP contribution in [0.5, 0.6) is 0 Å². The van der Waals surface area contributed by atoms with E-state index in [1.165, 1.54) is 0 Å². The summed E-state index contributed by atoms with van der Waals surface area (Å²) in [6.07, 6.45) is 1.06. The summed E-state index contributed by atoms with van der Waals surface area (Å²) in [5.74, 6) is 0. The fourth-order valence-corrected chi connectivity index (χ4v) is 0.882. The van der Waals surface area contributed by atoms with Crippen molar-refractivity contribution in [1.29, 1.82) is 0 Å². The largest absolute Gasteiger partial charge is 0.335 e. The van der Waals surface area contributed by atoms with E-state index < -0.39 is 0 Å². The molecule has 52 valence electrons. The molecule has 3 heteroatoms. The van der Waals surface area contributed by atoms with Crippen molar-refractivity contribution in [3.63, 3.8) is 0 Å². The Morgan fingerprint density at radius 2 is 2.44 bits per heavy atom. The smallest absolute Gasteiger partial charge is 0.317 e. The lowest BCUT2D eigenvalue weighted by Crippen LogP contribution is -2.48. The molecular formula is C6H12N2O. The van der Waals surface area contributed by atoms with Crippen molar-refractivity contribution in [2.24, 2.45) is 0 Å². The summed E-state index contributed by atoms with van der Waals surface area (Å²) in [4.78, 5) is 12.5. The molecule has 1 aliphatic rings. The third-order valence-corrected chi connectivity index (χ3v) is 1.61. The van der Waals surface area contributed by atoms with E-state index in [4.69, 9.17) is 0 Å². The number of carbonyl (C=O) groups excluding carboxylic acids is 1. The van der Waals surface area contributed by atoms with Gasteiger partial charge in [0.2, 0.25) is 0 Å². The number of amides is 2. The highest BCUT2D eigenvalue weighted by Gasteiger charge is 2.17. The van der Waals surface area contributed by atoms with Gasteiger partial charge >= 0.3 is 6.03 Å². The van der Waals surface area contributed by atoms with Gasteiger partial charge in [0.05, 0.1) is 0 Å². The van der Waals surface area contributed by atoms with Crippen LogP contribution in [0.3, 0.4) is 0 Å². The molecule has 0 saturated carbocycles. The average Bonchev–Trinajstić information content (AvgIpc) is 1.80. The molecule has 1 N–H and O–H groups in total. The molecule has 2 amide bonds. The number of nitrogens with zero attached hydrogens (tertiary/aromatic N) is 1. The summed E-state index contributed by atoms with van der Waals surface area (Å²) in [7, 11) is 1.81. The highest BCUT2D eigenvalue weighted by molar-refractivity contribution is 5.74. The first kappa shape index (κ1) is 6.39. The van der Waals surface area contributed by atoms with Crippen LogP contribution in [-0.4, -0.2) is 30.6 Å². The van der Waals surface area contributed by atoms with E-state index in [-0.39, 0.29) is 6.03 Å². The van der Waals surface area contributed by atoms with Crippen molar-refractivity contribution in [2.45, 2.75) is 19.4 Å². The molecule has 1 saturated heterocycles. The predicted molar refractivity (Wildman–Crippen MR) is 35.2 cm³/mol. The summed E-state index contributed by atoms with van der Waals surface area (Å²) in [5, 5.41) is 2.82. The van der Waals surface area contributed by atoms with Crippen LogP contribution in [0, 0.1) is 0 Å². The monoisotopic (exact) mass is 128 g/mol. The van der Waals surface area contributed by atoms with E-state index in [1.54, 1.807) is 11.9 Å². The van der Waals surface area contributed by atoms with E-state index in [0.717, 1.165) is 13.0 Å². The van der Waals surface area contributed by atoms with Gasteiger partial charge < -0.3 is 10.2 Å². The average molecular weight is 128 g/mol. The third-order valence-electron chi connectivity index (χ3n) is 1.61. The van der Waals surface area contributed by atoms with Crippen molar-refractivity contribution in [1.82, 2.24) is 10.2 Å². The maximum Gasteiger partial charge on any atom is 0.317 e. The minimum absolute atomic E-state index is 0.0498. The lowest BCUT2D eigenvalue weighted by Gasteiger charge is -2.27. The van der Waals surface area contributed by atoms with Gasteiger partial charge in [-0.2, -0.15) is 0 Å². The molecule has 0 bridgehead atoms. The van der Waals surface area contributed by atoms with Crippen LogP contribution in [0.4, 0.5) is 4.79 Å². The highest BCUT2D eigenvalue weighted by atomic mass is 16.2. The number of carbonyl (C=O) groups is 1. The molecule has 1 aliphatic heterocycles. The van der Waals surface area contributed by atoms with Crippen molar-refractivity contribution >= 4 is 6.03 Å². The summed E-state index contributed by atoms with van der Waals surface area (Å²) >= 11 is 0. The molecule has 1 heterocycles. The second kappa shape index (κ2) is 2.25. The van der Waals surface area contributed by atoms with Crippen LogP contribution in [0.2, 0.25) is 0 Å². The van der Waals surface area contributed by atoms with Crippen molar-refractivity contribution in [2.75, 3.05) is 13.6 Å². The predicted octanol–water partition coefficient (Wildman–Crippen LogP) is 0.420. The molecule has 3 nitrogen and oxygen atoms in total. The summed E-state index contributed by atoms with van der Waals surface area (Å²) in [6, 6.07) is 0.405. The fourth-order valence-electron chi connectivity index (χ4n) is 0.882. The molecule has 0 radical (unpaired) electrons. The Balaban J connectivity index is 2.44. The van der Waals surface area contributed by atoms with E-state index >= 15 is 0 Å². The Morgan fingerprint density at radius 3 is 2.89 bits per heavy atom. The lowest BCUT2D eigenvalue weighted by molar-refractivity contribution is 0.189. The normalized spacial score (nSPS) is 28.0. The quantitative estimate of drug-likeness (QED) is 0.504. The first-order valence-corrected chi connectivity index (χ1v) is 3.22. The standard InChI is InChI=1S/C6H12N2O/c1-5-3-4-8(2)6(9)7-5/h5H,3-4H2,1-2H3,(H,7,9). The van der Waals surface area contributed by atoms with Crippen LogP contribution in [-0.2, 0) is 0 Å². The summed E-state index contributed by atoms with van der Waals surface area (Å²) < 4.78 is 0. The zero-order valence-electron chi connectivity index (χ0n) is 5.85. The van der Waals surface area contributed by atoms with E-state index in [0.29, 0.717) is 6.04 Å². The van der Waals surface area contributed by atoms with Crippen LogP contribution in [0.25, 0.3) is 0 Å². The van der Waals surface area contributed by atoms with Crippen LogP contribution < -0.4 is 5.32 Å². The molecule has 1 unspecified atom stereocenters. The van der Waals surface area contributed by atoms with Gasteiger partial charge in [-0.3, -0.25) is 0 Å². The van der Waals surface area contributed by atoms with Crippen molar-refractivity contribution < 1.29 is 4.79 Å². The molecule has 0 aromatic carbocycles. The SMILES string of the molecule is CC1CCN(C)C(=O)N1. The van der Waals surface area contributed by atoms with Gasteiger partial charge in [-0.25, -0.2) is 4.79 Å². The number of rotatable bonds is 0. The Labute approximate surface area is 55.0 Å². The zero-order valence-corrected chi connectivity index (χ0v) is 5.85. The van der Waals surface area contributed by atoms with Gasteiger partial charge in [0.1, 0.15) is 0 Å². The minimum Gasteiger partial charge on any atom is -0.335 e. The van der Waals surface area contributed by atoms with Gasteiger partial charge in [-0.1, -0.05) is 0 Å². The fraction of sp³-hybridized carbons (Fsp3) is 0.833. The number of urea groups is 1. The second-order valence-corrected chi connectivity index (χ2v) is 2.56. The van der Waals surface area contributed by atoms with E-state index in [9.17, 15) is 4.79 Å². The molecule has 0 aromatic rings. The van der Waals surface area contributed by atoms with Gasteiger partial charge in [0.25, 0.3) is 0 Å². The summed E-state index contributed by atoms with van der Waals surface area (Å²) in [5.41, 5.74) is 0. The first-order chi connectivity index (χ1) is 4.20. The molecule has 1 rings (SSSR count). The molecule has 1 atom stereocenters. The Bertz CT molecular complexity index is 124. The molecule has 0 aromatic heterocycles. The second-order valence-electron chi connectivity index (χ2n) is 2.56. The minimum atomic E-state index is 0.0498. The van der Waals surface area contributed by atoms with E-state index in [1.807, 2.05) is 6.92 Å².